The summed E-state index contributed by atoms with van der Waals surface area (Å²) < 4.78 is 16.2. The fraction of sp³-hybridized carbons (Fsp3) is 0.448. The monoisotopic (exact) mass is 537 g/mol. The molecular weight excluding hydrogens is 502 g/mol. The predicted molar refractivity (Wildman–Crippen MR) is 142 cm³/mol. The molecule has 1 fully saturated rings. The number of hydrogen-bond acceptors (Lipinski definition) is 7. The maximum absolute atomic E-state index is 13.7. The molecule has 208 valence electrons. The van der Waals surface area contributed by atoms with E-state index in [2.05, 4.69) is 10.6 Å². The van der Waals surface area contributed by atoms with Gasteiger partial charge in [-0.15, -0.1) is 0 Å². The molecule has 3 amide bonds. The topological polar surface area (TPSA) is 123 Å². The molecule has 3 atom stereocenters. The van der Waals surface area contributed by atoms with Crippen LogP contribution in [0.3, 0.4) is 0 Å². The lowest BCUT2D eigenvalue weighted by Gasteiger charge is -2.30. The van der Waals surface area contributed by atoms with Crippen LogP contribution < -0.4 is 15.4 Å². The quantitative estimate of drug-likeness (QED) is 0.553. The number of carbonyl (C=O) groups is 4. The Morgan fingerprint density at radius 2 is 1.85 bits per heavy atom. The van der Waals surface area contributed by atoms with Crippen LogP contribution in [0.5, 0.6) is 5.75 Å². The van der Waals surface area contributed by atoms with Gasteiger partial charge in [0, 0.05) is 19.4 Å². The average Bonchev–Trinajstić information content (AvgIpc) is 3.38. The van der Waals surface area contributed by atoms with Gasteiger partial charge in [-0.05, 0) is 42.5 Å². The lowest BCUT2D eigenvalue weighted by Crippen LogP contribution is -2.57. The lowest BCUT2D eigenvalue weighted by molar-refractivity contribution is -0.147. The van der Waals surface area contributed by atoms with Crippen LogP contribution in [0.15, 0.2) is 54.6 Å². The van der Waals surface area contributed by atoms with Crippen molar-refractivity contribution in [1.29, 1.82) is 0 Å². The molecule has 2 aliphatic rings. The first-order valence-electron chi connectivity index (χ1n) is 13.3. The Labute approximate surface area is 228 Å². The highest BCUT2D eigenvalue weighted by Crippen LogP contribution is 2.21. The van der Waals surface area contributed by atoms with Crippen molar-refractivity contribution in [3.05, 3.63) is 65.7 Å². The van der Waals surface area contributed by atoms with Gasteiger partial charge in [0.15, 0.2) is 6.04 Å². The Balaban J connectivity index is 1.63. The van der Waals surface area contributed by atoms with Crippen LogP contribution in [0.1, 0.15) is 30.4 Å². The third kappa shape index (κ3) is 7.79. The maximum atomic E-state index is 13.7. The van der Waals surface area contributed by atoms with E-state index in [0.717, 1.165) is 11.1 Å². The first-order valence-corrected chi connectivity index (χ1v) is 13.3. The second-order valence-electron chi connectivity index (χ2n) is 9.65. The van der Waals surface area contributed by atoms with Gasteiger partial charge in [-0.1, -0.05) is 42.5 Å². The molecule has 4 rings (SSSR count). The summed E-state index contributed by atoms with van der Waals surface area (Å²) in [7, 11) is 1.23. The summed E-state index contributed by atoms with van der Waals surface area (Å²) in [4.78, 5) is 53.9. The second kappa shape index (κ2) is 13.7. The van der Waals surface area contributed by atoms with E-state index in [-0.39, 0.29) is 32.1 Å². The van der Waals surface area contributed by atoms with Gasteiger partial charge in [0.25, 0.3) is 0 Å². The summed E-state index contributed by atoms with van der Waals surface area (Å²) in [5.74, 6) is -1.11. The number of methoxy groups -OCH3 is 1. The molecule has 2 aromatic rings. The van der Waals surface area contributed by atoms with Gasteiger partial charge in [-0.25, -0.2) is 4.79 Å². The van der Waals surface area contributed by atoms with Crippen molar-refractivity contribution in [3.8, 4) is 5.75 Å². The minimum Gasteiger partial charge on any atom is -0.491 e. The average molecular weight is 538 g/mol. The largest absolute Gasteiger partial charge is 0.491 e. The third-order valence-electron chi connectivity index (χ3n) is 6.90. The number of nitrogens with zero attached hydrogens (tertiary/aromatic N) is 1. The Morgan fingerprint density at radius 3 is 2.59 bits per heavy atom. The van der Waals surface area contributed by atoms with E-state index in [1.165, 1.54) is 7.11 Å². The minimum absolute atomic E-state index is 0.0925. The zero-order valence-electron chi connectivity index (χ0n) is 22.1. The zero-order valence-corrected chi connectivity index (χ0v) is 22.1. The van der Waals surface area contributed by atoms with Crippen LogP contribution in [0.4, 0.5) is 0 Å². The molecule has 2 bridgehead atoms. The molecule has 10 heteroatoms. The van der Waals surface area contributed by atoms with Crippen LogP contribution in [-0.2, 0) is 41.5 Å². The molecular formula is C29H35N3O7. The second-order valence-corrected chi connectivity index (χ2v) is 9.65. The number of aryl methyl sites for hydroxylation is 1. The normalized spacial score (nSPS) is 22.9. The summed E-state index contributed by atoms with van der Waals surface area (Å²) in [5.41, 5.74) is 1.83. The molecule has 2 aromatic carbocycles. The van der Waals surface area contributed by atoms with Crippen molar-refractivity contribution in [2.75, 3.05) is 33.5 Å². The SMILES string of the molecule is COC(=O)[C@@H]1COCCOc2cccc(c2)CC(N2CCCC2=O)C(=O)N[C@@H](CCc2ccccc2)C(=O)N1. The summed E-state index contributed by atoms with van der Waals surface area (Å²) in [6.45, 7) is 0.758. The number of hydrogen-bond donors (Lipinski definition) is 2. The predicted octanol–water partition coefficient (Wildman–Crippen LogP) is 1.40. The molecule has 2 N–H and O–H groups in total. The number of likely N-dealkylation sites (tertiary alicyclic amines) is 1. The lowest BCUT2D eigenvalue weighted by atomic mass is 10.0. The van der Waals surface area contributed by atoms with Gasteiger partial charge in [0.2, 0.25) is 17.7 Å². The van der Waals surface area contributed by atoms with E-state index in [9.17, 15) is 19.2 Å². The van der Waals surface area contributed by atoms with Crippen LogP contribution in [0, 0.1) is 0 Å². The van der Waals surface area contributed by atoms with E-state index in [0.29, 0.717) is 38.0 Å². The van der Waals surface area contributed by atoms with Crippen LogP contribution in [0.25, 0.3) is 0 Å². The van der Waals surface area contributed by atoms with Crippen molar-refractivity contribution < 1.29 is 33.4 Å². The number of amides is 3. The molecule has 2 heterocycles. The Kier molecular flexibility index (Phi) is 9.91. The molecule has 0 radical (unpaired) electrons. The highest BCUT2D eigenvalue weighted by Gasteiger charge is 2.35. The van der Waals surface area contributed by atoms with E-state index in [1.54, 1.807) is 11.0 Å². The summed E-state index contributed by atoms with van der Waals surface area (Å²) >= 11 is 0. The molecule has 2 aliphatic heterocycles. The molecule has 1 saturated heterocycles. The van der Waals surface area contributed by atoms with Crippen LogP contribution >= 0.6 is 0 Å². The standard InChI is InChI=1S/C29H35N3O7/c1-37-29(36)24-19-38-15-16-39-22-10-5-9-21(17-22)18-25(32-14-6-11-26(32)33)28(35)30-23(27(34)31-24)13-12-20-7-3-2-4-8-20/h2-5,7-10,17,23-25H,6,11-16,18-19H2,1H3,(H,30,35)(H,31,34)/t23-,24-,25?/m0/s1. The van der Waals surface area contributed by atoms with Crippen molar-refractivity contribution in [2.24, 2.45) is 0 Å². The molecule has 1 unspecified atom stereocenters. The van der Waals surface area contributed by atoms with Crippen LogP contribution in [-0.4, -0.2) is 80.2 Å². The summed E-state index contributed by atoms with van der Waals surface area (Å²) in [6, 6.07) is 14.2. The van der Waals surface area contributed by atoms with Crippen molar-refractivity contribution in [2.45, 2.75) is 50.2 Å². The van der Waals surface area contributed by atoms with Crippen molar-refractivity contribution >= 4 is 23.7 Å². The van der Waals surface area contributed by atoms with Gasteiger partial charge in [-0.2, -0.15) is 0 Å². The molecule has 0 aliphatic carbocycles. The number of ether oxygens (including phenoxy) is 3. The Bertz CT molecular complexity index is 1160. The first-order chi connectivity index (χ1) is 18.9. The highest BCUT2D eigenvalue weighted by molar-refractivity contribution is 5.94. The minimum atomic E-state index is -1.06. The fourth-order valence-electron chi connectivity index (χ4n) is 4.82. The van der Waals surface area contributed by atoms with Gasteiger partial charge in [0.05, 0.1) is 20.3 Å². The number of esters is 1. The van der Waals surface area contributed by atoms with Crippen molar-refractivity contribution in [3.63, 3.8) is 0 Å². The number of rotatable bonds is 5. The maximum Gasteiger partial charge on any atom is 0.330 e. The third-order valence-corrected chi connectivity index (χ3v) is 6.90. The van der Waals surface area contributed by atoms with Gasteiger partial charge in [-0.3, -0.25) is 14.4 Å². The van der Waals surface area contributed by atoms with Crippen LogP contribution in [0.2, 0.25) is 0 Å². The van der Waals surface area contributed by atoms with E-state index >= 15 is 0 Å². The van der Waals surface area contributed by atoms with E-state index < -0.39 is 35.9 Å². The zero-order chi connectivity index (χ0) is 27.6. The Hall–Kier alpha value is -3.92. The van der Waals surface area contributed by atoms with Gasteiger partial charge < -0.3 is 29.7 Å². The highest BCUT2D eigenvalue weighted by atomic mass is 16.5. The molecule has 0 saturated carbocycles. The fourth-order valence-corrected chi connectivity index (χ4v) is 4.82. The smallest absolute Gasteiger partial charge is 0.330 e. The molecule has 0 aromatic heterocycles. The number of fused-ring (bicyclic) bond motifs is 2. The van der Waals surface area contributed by atoms with E-state index in [4.69, 9.17) is 14.2 Å². The first kappa shape index (κ1) is 28.1. The molecule has 10 nitrogen and oxygen atoms in total. The molecule has 0 spiro atoms. The number of nitrogens with one attached hydrogen (secondary N) is 2. The van der Waals surface area contributed by atoms with Gasteiger partial charge >= 0.3 is 5.97 Å². The summed E-state index contributed by atoms with van der Waals surface area (Å²) in [5, 5.41) is 5.56. The number of benzene rings is 2. The van der Waals surface area contributed by atoms with Gasteiger partial charge in [0.1, 0.15) is 24.4 Å². The molecule has 39 heavy (non-hydrogen) atoms. The van der Waals surface area contributed by atoms with E-state index in [1.807, 2.05) is 48.5 Å². The number of carbonyl (C=O) groups excluding carboxylic acids is 4. The van der Waals surface area contributed by atoms with Crippen molar-refractivity contribution in [1.82, 2.24) is 15.5 Å². The summed E-state index contributed by atoms with van der Waals surface area (Å²) in [6.07, 6.45) is 2.13. The Morgan fingerprint density at radius 1 is 1.03 bits per heavy atom.